The van der Waals surface area contributed by atoms with Gasteiger partial charge in [-0.05, 0) is 61.2 Å². The molecule has 28 heavy (non-hydrogen) atoms. The fourth-order valence-electron chi connectivity index (χ4n) is 2.58. The molecule has 1 amide bonds. The molecule has 0 atom stereocenters. The highest BCUT2D eigenvalue weighted by Crippen LogP contribution is 2.28. The molecule has 0 fully saturated rings. The first kappa shape index (κ1) is 21.1. The smallest absolute Gasteiger partial charge is 0.234 e. The van der Waals surface area contributed by atoms with E-state index in [1.165, 1.54) is 11.1 Å². The highest BCUT2D eigenvalue weighted by molar-refractivity contribution is 5.77. The number of nitrogens with zero attached hydrogens (tertiary/aromatic N) is 1. The number of nitriles is 1. The largest absolute Gasteiger partial charge is 0.493 e. The van der Waals surface area contributed by atoms with Gasteiger partial charge in [-0.1, -0.05) is 12.1 Å². The van der Waals surface area contributed by atoms with Gasteiger partial charge in [0.25, 0.3) is 0 Å². The maximum atomic E-state index is 11.3. The molecule has 0 aliphatic rings. The third-order valence-corrected chi connectivity index (χ3v) is 4.29. The van der Waals surface area contributed by atoms with Crippen molar-refractivity contribution in [3.63, 3.8) is 0 Å². The average molecular weight is 382 g/mol. The molecule has 2 rings (SSSR count). The number of carbonyl (C=O) groups excluding carboxylic acids is 1. The van der Waals surface area contributed by atoms with Crippen LogP contribution in [0.5, 0.6) is 17.2 Å². The Kier molecular flexibility index (Phi) is 8.16. The number of hydrogen-bond donors (Lipinski definition) is 1. The third-order valence-electron chi connectivity index (χ3n) is 4.29. The number of ether oxygens (including phenoxy) is 3. The summed E-state index contributed by atoms with van der Waals surface area (Å²) in [7, 11) is 1.59. The minimum absolute atomic E-state index is 0.127. The fraction of sp³-hybridized carbons (Fsp3) is 0.364. The Morgan fingerprint density at radius 1 is 1.04 bits per heavy atom. The highest BCUT2D eigenvalue weighted by Gasteiger charge is 2.07. The Morgan fingerprint density at radius 3 is 2.54 bits per heavy atom. The lowest BCUT2D eigenvalue weighted by molar-refractivity contribution is -0.120. The van der Waals surface area contributed by atoms with Crippen LogP contribution < -0.4 is 19.5 Å². The second-order valence-corrected chi connectivity index (χ2v) is 6.36. The zero-order chi connectivity index (χ0) is 20.4. The van der Waals surface area contributed by atoms with Gasteiger partial charge in [-0.15, -0.1) is 0 Å². The number of hydrogen-bond acceptors (Lipinski definition) is 5. The summed E-state index contributed by atoms with van der Waals surface area (Å²) in [6.45, 7) is 5.38. The molecule has 0 saturated heterocycles. The number of methoxy groups -OCH3 is 1. The molecular formula is C22H26N2O4. The molecule has 0 aliphatic carbocycles. The van der Waals surface area contributed by atoms with Crippen molar-refractivity contribution in [3.05, 3.63) is 53.1 Å². The summed E-state index contributed by atoms with van der Waals surface area (Å²) >= 11 is 0. The van der Waals surface area contributed by atoms with Crippen LogP contribution in [0.1, 0.15) is 23.1 Å². The first-order chi connectivity index (χ1) is 13.5. The number of rotatable bonds is 10. The van der Waals surface area contributed by atoms with E-state index < -0.39 is 0 Å². The van der Waals surface area contributed by atoms with Crippen LogP contribution in [0.4, 0.5) is 0 Å². The average Bonchev–Trinajstić information content (AvgIpc) is 2.68. The second-order valence-electron chi connectivity index (χ2n) is 6.36. The van der Waals surface area contributed by atoms with E-state index in [4.69, 9.17) is 19.5 Å². The van der Waals surface area contributed by atoms with Gasteiger partial charge in [0, 0.05) is 6.54 Å². The first-order valence-corrected chi connectivity index (χ1v) is 9.17. The Bertz CT molecular complexity index is 843. The first-order valence-electron chi connectivity index (χ1n) is 9.17. The summed E-state index contributed by atoms with van der Waals surface area (Å²) in [5.74, 6) is 1.83. The van der Waals surface area contributed by atoms with Crippen molar-refractivity contribution < 1.29 is 19.0 Å². The van der Waals surface area contributed by atoms with E-state index >= 15 is 0 Å². The molecule has 148 valence electrons. The predicted octanol–water partition coefficient (Wildman–Crippen LogP) is 3.34. The second kappa shape index (κ2) is 10.8. The molecule has 2 aromatic rings. The minimum Gasteiger partial charge on any atom is -0.493 e. The Hall–Kier alpha value is -3.20. The van der Waals surface area contributed by atoms with Crippen molar-refractivity contribution >= 4 is 5.91 Å². The summed E-state index contributed by atoms with van der Waals surface area (Å²) < 4.78 is 16.9. The van der Waals surface area contributed by atoms with Gasteiger partial charge in [0.1, 0.15) is 25.4 Å². The molecule has 0 radical (unpaired) electrons. The highest BCUT2D eigenvalue weighted by atomic mass is 16.5. The van der Waals surface area contributed by atoms with Crippen LogP contribution >= 0.6 is 0 Å². The maximum Gasteiger partial charge on any atom is 0.234 e. The summed E-state index contributed by atoms with van der Waals surface area (Å²) in [6.07, 6.45) is 0.508. The van der Waals surface area contributed by atoms with Crippen molar-refractivity contribution in [1.29, 1.82) is 5.26 Å². The minimum atomic E-state index is -0.268. The van der Waals surface area contributed by atoms with Crippen LogP contribution in [-0.2, 0) is 11.2 Å². The van der Waals surface area contributed by atoms with Crippen LogP contribution in [0.25, 0.3) is 0 Å². The van der Waals surface area contributed by atoms with Crippen LogP contribution in [0, 0.1) is 25.2 Å². The molecule has 0 aliphatic heterocycles. The van der Waals surface area contributed by atoms with Gasteiger partial charge in [0.15, 0.2) is 11.5 Å². The number of amides is 1. The van der Waals surface area contributed by atoms with Gasteiger partial charge >= 0.3 is 0 Å². The van der Waals surface area contributed by atoms with Gasteiger partial charge in [0.05, 0.1) is 13.2 Å². The van der Waals surface area contributed by atoms with E-state index in [1.807, 2.05) is 42.5 Å². The topological polar surface area (TPSA) is 80.6 Å². The molecule has 0 saturated carbocycles. The van der Waals surface area contributed by atoms with Crippen molar-refractivity contribution in [2.24, 2.45) is 0 Å². The zero-order valence-corrected chi connectivity index (χ0v) is 16.6. The molecule has 6 heteroatoms. The lowest BCUT2D eigenvalue weighted by Crippen LogP contribution is -2.24. The summed E-state index contributed by atoms with van der Waals surface area (Å²) in [5.41, 5.74) is 3.42. The lowest BCUT2D eigenvalue weighted by atomic mass is 10.1. The number of nitrogens with one attached hydrogen (secondary N) is 1. The van der Waals surface area contributed by atoms with Gasteiger partial charge in [-0.3, -0.25) is 4.79 Å². The SMILES string of the molecule is COc1ccc(CCNC(=O)CC#N)cc1OCCOc1ccc(C)c(C)c1. The normalized spacial score (nSPS) is 10.1. The van der Waals surface area contributed by atoms with Gasteiger partial charge < -0.3 is 19.5 Å². The third kappa shape index (κ3) is 6.51. The molecule has 0 bridgehead atoms. The van der Waals surface area contributed by atoms with E-state index in [-0.39, 0.29) is 12.3 Å². The Labute approximate surface area is 166 Å². The van der Waals surface area contributed by atoms with Crippen molar-refractivity contribution in [2.45, 2.75) is 26.7 Å². The molecule has 1 N–H and O–H groups in total. The summed E-state index contributed by atoms with van der Waals surface area (Å²) in [4.78, 5) is 11.3. The number of carbonyl (C=O) groups is 1. The monoisotopic (exact) mass is 382 g/mol. The molecule has 0 aromatic heterocycles. The van der Waals surface area contributed by atoms with E-state index in [0.29, 0.717) is 37.7 Å². The van der Waals surface area contributed by atoms with Crippen molar-refractivity contribution in [3.8, 4) is 23.3 Å². The van der Waals surface area contributed by atoms with Crippen LogP contribution in [0.3, 0.4) is 0 Å². The molecule has 2 aromatic carbocycles. The quantitative estimate of drug-likeness (QED) is 0.638. The van der Waals surface area contributed by atoms with E-state index in [1.54, 1.807) is 7.11 Å². The molecule has 6 nitrogen and oxygen atoms in total. The van der Waals surface area contributed by atoms with E-state index in [0.717, 1.165) is 11.3 Å². The molecule has 0 spiro atoms. The molecule has 0 unspecified atom stereocenters. The Morgan fingerprint density at radius 2 is 1.82 bits per heavy atom. The van der Waals surface area contributed by atoms with E-state index in [2.05, 4.69) is 19.2 Å². The number of benzene rings is 2. The van der Waals surface area contributed by atoms with Crippen LogP contribution in [0.2, 0.25) is 0 Å². The zero-order valence-electron chi connectivity index (χ0n) is 16.6. The lowest BCUT2D eigenvalue weighted by Gasteiger charge is -2.13. The number of aryl methyl sites for hydroxylation is 2. The molecule has 0 heterocycles. The van der Waals surface area contributed by atoms with E-state index in [9.17, 15) is 4.79 Å². The predicted molar refractivity (Wildman–Crippen MR) is 107 cm³/mol. The summed E-state index contributed by atoms with van der Waals surface area (Å²) in [6, 6.07) is 13.5. The van der Waals surface area contributed by atoms with Crippen LogP contribution in [-0.4, -0.2) is 32.8 Å². The van der Waals surface area contributed by atoms with Crippen molar-refractivity contribution in [1.82, 2.24) is 5.32 Å². The van der Waals surface area contributed by atoms with Gasteiger partial charge in [0.2, 0.25) is 5.91 Å². The molecular weight excluding hydrogens is 356 g/mol. The van der Waals surface area contributed by atoms with Crippen LogP contribution in [0.15, 0.2) is 36.4 Å². The summed E-state index contributed by atoms with van der Waals surface area (Å²) in [5, 5.41) is 11.2. The Balaban J connectivity index is 1.86. The van der Waals surface area contributed by atoms with Crippen molar-refractivity contribution in [2.75, 3.05) is 26.9 Å². The standard InChI is InChI=1S/C22H26N2O4/c1-16-4-6-19(14-17(16)2)27-12-13-28-21-15-18(5-7-20(21)26-3)9-11-24-22(25)8-10-23/h4-7,14-15H,8-9,11-13H2,1-3H3,(H,24,25). The fourth-order valence-corrected chi connectivity index (χ4v) is 2.58. The maximum absolute atomic E-state index is 11.3. The van der Waals surface area contributed by atoms with Gasteiger partial charge in [-0.2, -0.15) is 5.26 Å². The van der Waals surface area contributed by atoms with Gasteiger partial charge in [-0.25, -0.2) is 0 Å².